The third-order valence-corrected chi connectivity index (χ3v) is 5.06. The van der Waals surface area contributed by atoms with Gasteiger partial charge in [0.15, 0.2) is 5.78 Å². The zero-order chi connectivity index (χ0) is 20.1. The molecule has 142 valence electrons. The first-order chi connectivity index (χ1) is 13.3. The van der Waals surface area contributed by atoms with Gasteiger partial charge in [-0.3, -0.25) is 9.52 Å². The van der Waals surface area contributed by atoms with Crippen LogP contribution in [-0.4, -0.2) is 24.3 Å². The number of nitrogens with zero attached hydrogens (tertiary/aromatic N) is 3. The number of nitrogens with one attached hydrogen (secondary N) is 1. The van der Waals surface area contributed by atoms with Crippen LogP contribution >= 0.6 is 0 Å². The molecular weight excluding hydrogens is 380 g/mol. The number of phenolic OH excluding ortho intramolecular Hbond substituents is 1. The van der Waals surface area contributed by atoms with Crippen molar-refractivity contribution >= 4 is 33.0 Å². The number of aromatic hydroxyl groups is 1. The van der Waals surface area contributed by atoms with Gasteiger partial charge in [0.25, 0.3) is 10.0 Å². The number of carbonyl (C=O) groups excluding carboxylic acids is 1. The molecule has 0 saturated heterocycles. The van der Waals surface area contributed by atoms with Crippen molar-refractivity contribution in [3.8, 4) is 5.75 Å². The number of hydrogen-bond donors (Lipinski definition) is 2. The summed E-state index contributed by atoms with van der Waals surface area (Å²) in [7, 11) is -3.77. The fraction of sp³-hybridized carbons (Fsp3) is 0.0526. The van der Waals surface area contributed by atoms with Gasteiger partial charge in [0.2, 0.25) is 0 Å². The summed E-state index contributed by atoms with van der Waals surface area (Å²) in [6.45, 7) is 1.34. The van der Waals surface area contributed by atoms with Crippen LogP contribution in [-0.2, 0) is 10.0 Å². The van der Waals surface area contributed by atoms with E-state index in [4.69, 9.17) is 0 Å². The molecule has 0 atom stereocenters. The quantitative estimate of drug-likeness (QED) is 0.477. The molecule has 0 aliphatic rings. The average molecular weight is 396 g/mol. The molecule has 2 aromatic carbocycles. The van der Waals surface area contributed by atoms with Gasteiger partial charge in [-0.1, -0.05) is 6.07 Å². The number of Topliss-reactive ketones (excluding diaryl/α,β-unsaturated/α-hetero) is 1. The Morgan fingerprint density at radius 1 is 1.00 bits per heavy atom. The van der Waals surface area contributed by atoms with Gasteiger partial charge >= 0.3 is 0 Å². The molecule has 0 aliphatic carbocycles. The molecule has 2 N–H and O–H groups in total. The first kappa shape index (κ1) is 19.2. The number of phenols is 1. The lowest BCUT2D eigenvalue weighted by molar-refractivity contribution is 0.101. The predicted molar refractivity (Wildman–Crippen MR) is 104 cm³/mol. The van der Waals surface area contributed by atoms with E-state index in [1.54, 1.807) is 18.2 Å². The van der Waals surface area contributed by atoms with Crippen LogP contribution in [0.1, 0.15) is 17.3 Å². The summed E-state index contributed by atoms with van der Waals surface area (Å²) in [5.41, 5.74) is 0.962. The number of ketones is 1. The lowest BCUT2D eigenvalue weighted by Crippen LogP contribution is -2.13. The maximum absolute atomic E-state index is 12.4. The molecule has 3 rings (SSSR count). The highest BCUT2D eigenvalue weighted by Gasteiger charge is 2.14. The molecule has 0 bridgehead atoms. The largest absolute Gasteiger partial charge is 0.507 e. The number of azo groups is 1. The zero-order valence-electron chi connectivity index (χ0n) is 14.8. The molecule has 0 amide bonds. The highest BCUT2D eigenvalue weighted by Crippen LogP contribution is 2.26. The summed E-state index contributed by atoms with van der Waals surface area (Å²) in [4.78, 5) is 15.4. The fourth-order valence-corrected chi connectivity index (χ4v) is 3.30. The van der Waals surface area contributed by atoms with Gasteiger partial charge in [0.05, 0.1) is 21.8 Å². The van der Waals surface area contributed by atoms with Crippen molar-refractivity contribution in [2.75, 3.05) is 4.72 Å². The third kappa shape index (κ3) is 4.57. The number of benzene rings is 2. The summed E-state index contributed by atoms with van der Waals surface area (Å²) in [6, 6.07) is 15.0. The van der Waals surface area contributed by atoms with E-state index < -0.39 is 10.0 Å². The van der Waals surface area contributed by atoms with Crippen molar-refractivity contribution in [2.24, 2.45) is 10.2 Å². The standard InChI is InChI=1S/C19H16N4O4S/c1-13(24)17-12-15(7-10-18(17)25)22-21-14-5-8-16(9-6-14)28(26,27)23-19-4-2-3-11-20-19/h2-12,25H,1H3,(H,20,23)/b22-21+. The van der Waals surface area contributed by atoms with Crippen molar-refractivity contribution in [1.29, 1.82) is 0 Å². The van der Waals surface area contributed by atoms with Crippen LogP contribution in [0.25, 0.3) is 0 Å². The van der Waals surface area contributed by atoms with Crippen LogP contribution in [0, 0.1) is 0 Å². The Morgan fingerprint density at radius 2 is 1.68 bits per heavy atom. The number of carbonyl (C=O) groups is 1. The number of pyridine rings is 1. The van der Waals surface area contributed by atoms with Crippen LogP contribution in [0.5, 0.6) is 5.75 Å². The van der Waals surface area contributed by atoms with E-state index in [0.29, 0.717) is 11.4 Å². The van der Waals surface area contributed by atoms with Gasteiger partial charge in [-0.05, 0) is 61.5 Å². The number of hydrogen-bond acceptors (Lipinski definition) is 7. The smallest absolute Gasteiger partial charge is 0.263 e. The molecular formula is C19H16N4O4S. The van der Waals surface area contributed by atoms with Crippen LogP contribution in [0.3, 0.4) is 0 Å². The summed E-state index contributed by atoms with van der Waals surface area (Å²) in [5, 5.41) is 17.7. The molecule has 8 nitrogen and oxygen atoms in total. The second kappa shape index (κ2) is 7.97. The van der Waals surface area contributed by atoms with E-state index in [1.807, 2.05) is 0 Å². The second-order valence-corrected chi connectivity index (χ2v) is 7.45. The van der Waals surface area contributed by atoms with Crippen molar-refractivity contribution < 1.29 is 18.3 Å². The SMILES string of the molecule is CC(=O)c1cc(/N=N/c2ccc(S(=O)(=O)Nc3ccccn3)cc2)ccc1O. The van der Waals surface area contributed by atoms with E-state index in [2.05, 4.69) is 19.9 Å². The van der Waals surface area contributed by atoms with Crippen LogP contribution in [0.2, 0.25) is 0 Å². The minimum Gasteiger partial charge on any atom is -0.507 e. The number of sulfonamides is 1. The Hall–Kier alpha value is -3.59. The summed E-state index contributed by atoms with van der Waals surface area (Å²) < 4.78 is 27.1. The maximum Gasteiger partial charge on any atom is 0.263 e. The molecule has 0 spiro atoms. The van der Waals surface area contributed by atoms with Gasteiger partial charge in [-0.15, -0.1) is 0 Å². The second-order valence-electron chi connectivity index (χ2n) is 5.77. The average Bonchev–Trinajstić information content (AvgIpc) is 2.68. The van der Waals surface area contributed by atoms with Crippen LogP contribution < -0.4 is 4.72 Å². The number of aromatic nitrogens is 1. The Balaban J connectivity index is 1.77. The van der Waals surface area contributed by atoms with Gasteiger partial charge in [-0.2, -0.15) is 10.2 Å². The van der Waals surface area contributed by atoms with E-state index in [0.717, 1.165) is 0 Å². The minimum atomic E-state index is -3.77. The van der Waals surface area contributed by atoms with E-state index in [1.165, 1.54) is 55.6 Å². The van der Waals surface area contributed by atoms with Crippen molar-refractivity contribution in [2.45, 2.75) is 11.8 Å². The van der Waals surface area contributed by atoms with Crippen molar-refractivity contribution in [3.63, 3.8) is 0 Å². The van der Waals surface area contributed by atoms with Gasteiger partial charge in [0, 0.05) is 6.20 Å². The first-order valence-corrected chi connectivity index (χ1v) is 9.63. The molecule has 0 unspecified atom stereocenters. The topological polar surface area (TPSA) is 121 Å². The summed E-state index contributed by atoms with van der Waals surface area (Å²) >= 11 is 0. The monoisotopic (exact) mass is 396 g/mol. The van der Waals surface area contributed by atoms with Gasteiger partial charge in [-0.25, -0.2) is 13.4 Å². The Morgan fingerprint density at radius 3 is 2.32 bits per heavy atom. The predicted octanol–water partition coefficient (Wildman–Crippen LogP) is 4.21. The fourth-order valence-electron chi connectivity index (χ4n) is 2.30. The van der Waals surface area contributed by atoms with E-state index in [-0.39, 0.29) is 27.8 Å². The van der Waals surface area contributed by atoms with Crippen LogP contribution in [0.4, 0.5) is 17.2 Å². The Labute approximate surface area is 161 Å². The first-order valence-electron chi connectivity index (χ1n) is 8.15. The Kier molecular flexibility index (Phi) is 5.46. The zero-order valence-corrected chi connectivity index (χ0v) is 15.6. The van der Waals surface area contributed by atoms with Crippen molar-refractivity contribution in [3.05, 3.63) is 72.4 Å². The minimum absolute atomic E-state index is 0.0561. The molecule has 0 aliphatic heterocycles. The lowest BCUT2D eigenvalue weighted by atomic mass is 10.1. The molecule has 1 aromatic heterocycles. The molecule has 3 aromatic rings. The normalized spacial score (nSPS) is 11.5. The van der Waals surface area contributed by atoms with Crippen molar-refractivity contribution in [1.82, 2.24) is 4.98 Å². The number of anilines is 1. The molecule has 0 fully saturated rings. The molecule has 9 heteroatoms. The molecule has 0 saturated carbocycles. The highest BCUT2D eigenvalue weighted by atomic mass is 32.2. The van der Waals surface area contributed by atoms with Gasteiger partial charge < -0.3 is 5.11 Å². The van der Waals surface area contributed by atoms with Crippen LogP contribution in [0.15, 0.2) is 82.0 Å². The van der Waals surface area contributed by atoms with E-state index >= 15 is 0 Å². The summed E-state index contributed by atoms with van der Waals surface area (Å²) in [5.74, 6) is -0.189. The lowest BCUT2D eigenvalue weighted by Gasteiger charge is -2.07. The summed E-state index contributed by atoms with van der Waals surface area (Å²) in [6.07, 6.45) is 1.49. The molecule has 0 radical (unpaired) electrons. The maximum atomic E-state index is 12.4. The number of rotatable bonds is 6. The third-order valence-electron chi connectivity index (χ3n) is 3.69. The Bertz CT molecular complexity index is 1130. The van der Waals surface area contributed by atoms with E-state index in [9.17, 15) is 18.3 Å². The molecule has 28 heavy (non-hydrogen) atoms. The highest BCUT2D eigenvalue weighted by molar-refractivity contribution is 7.92. The van der Waals surface area contributed by atoms with Gasteiger partial charge in [0.1, 0.15) is 11.6 Å². The molecule has 1 heterocycles.